The zero-order valence-electron chi connectivity index (χ0n) is 9.63. The van der Waals surface area contributed by atoms with Crippen LogP contribution >= 0.6 is 31.9 Å². The van der Waals surface area contributed by atoms with E-state index in [0.717, 1.165) is 22.0 Å². The molecule has 4 heteroatoms. The standard InChI is InChI=1S/C14H12Br2N2/c15-11-1-3-13-9(5-11)7-18-14-4-2-12(16)6-10(14)8-17-13/h1-6,17-18H,7-8H2. The molecule has 0 saturated carbocycles. The van der Waals surface area contributed by atoms with Crippen LogP contribution < -0.4 is 10.6 Å². The van der Waals surface area contributed by atoms with Crippen molar-refractivity contribution in [1.29, 1.82) is 0 Å². The average Bonchev–Trinajstić information content (AvgIpc) is 2.34. The Morgan fingerprint density at radius 1 is 0.722 bits per heavy atom. The van der Waals surface area contributed by atoms with Gasteiger partial charge in [0.1, 0.15) is 0 Å². The molecule has 92 valence electrons. The summed E-state index contributed by atoms with van der Waals surface area (Å²) < 4.78 is 2.22. The predicted molar refractivity (Wildman–Crippen MR) is 82.9 cm³/mol. The van der Waals surface area contributed by atoms with E-state index in [1.807, 2.05) is 0 Å². The number of hydrogen-bond donors (Lipinski definition) is 2. The van der Waals surface area contributed by atoms with Gasteiger partial charge in [0.05, 0.1) is 0 Å². The molecular weight excluding hydrogens is 356 g/mol. The Labute approximate surface area is 123 Å². The molecule has 2 aromatic carbocycles. The molecular formula is C14H12Br2N2. The molecule has 1 aliphatic heterocycles. The van der Waals surface area contributed by atoms with E-state index in [2.05, 4.69) is 78.9 Å². The molecule has 0 aliphatic carbocycles. The lowest BCUT2D eigenvalue weighted by molar-refractivity contribution is 1.05. The first kappa shape index (κ1) is 12.1. The zero-order chi connectivity index (χ0) is 12.5. The number of anilines is 2. The largest absolute Gasteiger partial charge is 0.381 e. The molecule has 0 unspecified atom stereocenters. The number of benzene rings is 2. The quantitative estimate of drug-likeness (QED) is 0.702. The molecule has 0 fully saturated rings. The molecule has 3 rings (SSSR count). The average molecular weight is 368 g/mol. The summed E-state index contributed by atoms with van der Waals surface area (Å²) in [5.41, 5.74) is 4.93. The Morgan fingerprint density at radius 2 is 1.17 bits per heavy atom. The molecule has 2 N–H and O–H groups in total. The second kappa shape index (κ2) is 4.94. The van der Waals surface area contributed by atoms with E-state index in [0.29, 0.717) is 0 Å². The lowest BCUT2D eigenvalue weighted by atomic mass is 10.1. The molecule has 0 radical (unpaired) electrons. The van der Waals surface area contributed by atoms with Crippen LogP contribution in [0.25, 0.3) is 0 Å². The Morgan fingerprint density at radius 3 is 1.61 bits per heavy atom. The second-order valence-corrected chi connectivity index (χ2v) is 6.14. The maximum absolute atomic E-state index is 3.51. The Bertz CT molecular complexity index is 543. The van der Waals surface area contributed by atoms with E-state index in [1.54, 1.807) is 0 Å². The molecule has 1 heterocycles. The van der Waals surface area contributed by atoms with E-state index < -0.39 is 0 Å². The smallest absolute Gasteiger partial charge is 0.0421 e. The van der Waals surface area contributed by atoms with Crippen LogP contribution in [0.4, 0.5) is 11.4 Å². The van der Waals surface area contributed by atoms with Crippen molar-refractivity contribution in [3.8, 4) is 0 Å². The molecule has 0 aromatic heterocycles. The topological polar surface area (TPSA) is 24.1 Å². The summed E-state index contributed by atoms with van der Waals surface area (Å²) in [4.78, 5) is 0. The van der Waals surface area contributed by atoms with Crippen LogP contribution in [0.2, 0.25) is 0 Å². The molecule has 2 nitrogen and oxygen atoms in total. The van der Waals surface area contributed by atoms with Crippen LogP contribution in [0, 0.1) is 0 Å². The summed E-state index contributed by atoms with van der Waals surface area (Å²) in [5, 5.41) is 6.99. The highest BCUT2D eigenvalue weighted by molar-refractivity contribution is 9.10. The summed E-state index contributed by atoms with van der Waals surface area (Å²) in [6.07, 6.45) is 0. The van der Waals surface area contributed by atoms with Crippen molar-refractivity contribution in [3.63, 3.8) is 0 Å². The van der Waals surface area contributed by atoms with Gasteiger partial charge in [-0.2, -0.15) is 0 Å². The van der Waals surface area contributed by atoms with Crippen LogP contribution in [0.5, 0.6) is 0 Å². The molecule has 0 bridgehead atoms. The van der Waals surface area contributed by atoms with Gasteiger partial charge in [0, 0.05) is 33.4 Å². The van der Waals surface area contributed by atoms with E-state index >= 15 is 0 Å². The van der Waals surface area contributed by atoms with E-state index in [-0.39, 0.29) is 0 Å². The van der Waals surface area contributed by atoms with Gasteiger partial charge >= 0.3 is 0 Å². The molecule has 0 amide bonds. The Balaban J connectivity index is 1.96. The van der Waals surface area contributed by atoms with Crippen LogP contribution in [-0.4, -0.2) is 0 Å². The highest BCUT2D eigenvalue weighted by atomic mass is 79.9. The van der Waals surface area contributed by atoms with Gasteiger partial charge in [0.2, 0.25) is 0 Å². The van der Waals surface area contributed by atoms with Crippen molar-refractivity contribution in [3.05, 3.63) is 56.5 Å². The Hall–Kier alpha value is -1.00. The number of fused-ring (bicyclic) bond motifs is 2. The van der Waals surface area contributed by atoms with Crippen LogP contribution in [0.1, 0.15) is 11.1 Å². The van der Waals surface area contributed by atoms with E-state index in [9.17, 15) is 0 Å². The minimum atomic E-state index is 0.830. The fraction of sp³-hybridized carbons (Fsp3) is 0.143. The fourth-order valence-corrected chi connectivity index (χ4v) is 2.96. The number of halogens is 2. The van der Waals surface area contributed by atoms with Gasteiger partial charge in [-0.15, -0.1) is 0 Å². The number of rotatable bonds is 0. The van der Waals surface area contributed by atoms with Crippen molar-refractivity contribution in [2.75, 3.05) is 10.6 Å². The van der Waals surface area contributed by atoms with Crippen LogP contribution in [0.3, 0.4) is 0 Å². The van der Waals surface area contributed by atoms with Crippen molar-refractivity contribution >= 4 is 43.2 Å². The van der Waals surface area contributed by atoms with Crippen molar-refractivity contribution < 1.29 is 0 Å². The summed E-state index contributed by atoms with van der Waals surface area (Å²) in [6.45, 7) is 1.66. The monoisotopic (exact) mass is 366 g/mol. The van der Waals surface area contributed by atoms with E-state index in [1.165, 1.54) is 22.5 Å². The maximum Gasteiger partial charge on any atom is 0.0421 e. The molecule has 0 saturated heterocycles. The van der Waals surface area contributed by atoms with Gasteiger partial charge in [-0.05, 0) is 47.5 Å². The second-order valence-electron chi connectivity index (χ2n) is 4.31. The van der Waals surface area contributed by atoms with Gasteiger partial charge in [-0.3, -0.25) is 0 Å². The number of hydrogen-bond acceptors (Lipinski definition) is 2. The molecule has 0 spiro atoms. The highest BCUT2D eigenvalue weighted by Crippen LogP contribution is 2.28. The highest BCUT2D eigenvalue weighted by Gasteiger charge is 2.10. The van der Waals surface area contributed by atoms with Gasteiger partial charge in [-0.1, -0.05) is 31.9 Å². The summed E-state index contributed by atoms with van der Waals surface area (Å²) in [6, 6.07) is 12.7. The van der Waals surface area contributed by atoms with Crippen molar-refractivity contribution in [2.24, 2.45) is 0 Å². The molecule has 0 atom stereocenters. The van der Waals surface area contributed by atoms with Crippen molar-refractivity contribution in [1.82, 2.24) is 0 Å². The Kier molecular flexibility index (Phi) is 3.31. The molecule has 18 heavy (non-hydrogen) atoms. The third-order valence-electron chi connectivity index (χ3n) is 3.07. The third kappa shape index (κ3) is 2.40. The molecule has 1 aliphatic rings. The summed E-state index contributed by atoms with van der Waals surface area (Å²) in [7, 11) is 0. The SMILES string of the molecule is Brc1ccc2c(c1)CNc1ccc(Br)cc1CN2. The van der Waals surface area contributed by atoms with Gasteiger partial charge in [-0.25, -0.2) is 0 Å². The third-order valence-corrected chi connectivity index (χ3v) is 4.06. The first-order valence-electron chi connectivity index (χ1n) is 5.77. The first-order chi connectivity index (χ1) is 8.72. The minimum absolute atomic E-state index is 0.830. The minimum Gasteiger partial charge on any atom is -0.381 e. The van der Waals surface area contributed by atoms with E-state index in [4.69, 9.17) is 0 Å². The molecule has 2 aromatic rings. The maximum atomic E-state index is 3.51. The zero-order valence-corrected chi connectivity index (χ0v) is 12.8. The predicted octanol–water partition coefficient (Wildman–Crippen LogP) is 4.75. The van der Waals surface area contributed by atoms with Crippen LogP contribution in [-0.2, 0) is 13.1 Å². The summed E-state index contributed by atoms with van der Waals surface area (Å²) >= 11 is 7.03. The normalized spacial score (nSPS) is 13.4. The first-order valence-corrected chi connectivity index (χ1v) is 7.35. The number of nitrogens with one attached hydrogen (secondary N) is 2. The van der Waals surface area contributed by atoms with Crippen molar-refractivity contribution in [2.45, 2.75) is 13.1 Å². The van der Waals surface area contributed by atoms with Gasteiger partial charge in [0.25, 0.3) is 0 Å². The van der Waals surface area contributed by atoms with Gasteiger partial charge in [0.15, 0.2) is 0 Å². The fourth-order valence-electron chi connectivity index (χ4n) is 2.14. The van der Waals surface area contributed by atoms with Crippen LogP contribution in [0.15, 0.2) is 45.3 Å². The lowest BCUT2D eigenvalue weighted by Crippen LogP contribution is -2.12. The summed E-state index contributed by atoms with van der Waals surface area (Å²) in [5.74, 6) is 0. The van der Waals surface area contributed by atoms with Gasteiger partial charge < -0.3 is 10.6 Å². The lowest BCUT2D eigenvalue weighted by Gasteiger charge is -2.20.